The minimum atomic E-state index is -0.0263. The summed E-state index contributed by atoms with van der Waals surface area (Å²) in [6.45, 7) is 6.66. The van der Waals surface area contributed by atoms with Crippen LogP contribution in [0.5, 0.6) is 0 Å². The number of nitrogens with zero attached hydrogens (tertiary/aromatic N) is 3. The molecule has 1 aliphatic heterocycles. The molecule has 5 nitrogen and oxygen atoms in total. The zero-order valence-electron chi connectivity index (χ0n) is 16.2. The van der Waals surface area contributed by atoms with Gasteiger partial charge in [0.15, 0.2) is 22.9 Å². The summed E-state index contributed by atoms with van der Waals surface area (Å²) in [4.78, 5) is 0. The van der Waals surface area contributed by atoms with E-state index >= 15 is 0 Å². The van der Waals surface area contributed by atoms with E-state index in [2.05, 4.69) is 29.5 Å². The molecule has 150 valence electrons. The van der Waals surface area contributed by atoms with Crippen molar-refractivity contribution in [3.8, 4) is 0 Å². The van der Waals surface area contributed by atoms with Gasteiger partial charge in [0.05, 0.1) is 12.4 Å². The predicted octanol–water partition coefficient (Wildman–Crippen LogP) is 1.99. The summed E-state index contributed by atoms with van der Waals surface area (Å²) in [6.07, 6.45) is 4.43. The first-order valence-electron chi connectivity index (χ1n) is 9.20. The molecule has 0 aliphatic carbocycles. The van der Waals surface area contributed by atoms with E-state index in [0.29, 0.717) is 18.1 Å². The third-order valence-corrected chi connectivity index (χ3v) is 5.78. The number of quaternary nitrogens is 1. The molecule has 0 saturated carbocycles. The molecule has 1 aliphatic rings. The molecular formula is C18H29Cl2N3O2SZn. The molecule has 1 aromatic carbocycles. The van der Waals surface area contributed by atoms with Crippen LogP contribution in [0.3, 0.4) is 0 Å². The summed E-state index contributed by atoms with van der Waals surface area (Å²) in [5, 5.41) is 0. The first-order chi connectivity index (χ1) is 12.6. The summed E-state index contributed by atoms with van der Waals surface area (Å²) < 4.78 is 15.1. The van der Waals surface area contributed by atoms with Crippen LogP contribution >= 0.6 is 23.5 Å². The van der Waals surface area contributed by atoms with E-state index in [1.807, 2.05) is 30.0 Å². The number of para-hydroxylation sites is 1. The van der Waals surface area contributed by atoms with E-state index in [4.69, 9.17) is 26.8 Å². The fourth-order valence-electron chi connectivity index (χ4n) is 2.63. The van der Waals surface area contributed by atoms with Crippen molar-refractivity contribution in [3.63, 3.8) is 0 Å². The predicted molar refractivity (Wildman–Crippen MR) is 106 cm³/mol. The van der Waals surface area contributed by atoms with Gasteiger partial charge in [0.25, 0.3) is 0 Å². The number of ether oxygens (including phenoxy) is 2. The molecule has 0 spiro atoms. The molecule has 1 aromatic rings. The Bertz CT molecular complexity index is 539. The fourth-order valence-corrected chi connectivity index (χ4v) is 4.42. The van der Waals surface area contributed by atoms with Gasteiger partial charge in [0.1, 0.15) is 6.54 Å². The van der Waals surface area contributed by atoms with E-state index in [9.17, 15) is 0 Å². The standard InChI is InChI=1S/C18H29ClNO2S.ClH.N2.Zn/c1-3-5-12-21-17-15-23-18(22-13-6-4-2)14-20(17,19)16-10-8-7-9-11-16;;1-2;/h7-11,17-18H,3-6,12-15H2,1-2H3;1H;;/q+1;;;/p-1. The van der Waals surface area contributed by atoms with Crippen LogP contribution in [-0.4, -0.2) is 37.2 Å². The van der Waals surface area contributed by atoms with Crippen molar-refractivity contribution < 1.29 is 40.0 Å². The molecule has 0 radical (unpaired) electrons. The topological polar surface area (TPSA) is 54.9 Å². The van der Waals surface area contributed by atoms with Crippen LogP contribution in [0.4, 0.5) is 5.69 Å². The zero-order chi connectivity index (χ0) is 19.3. The second-order valence-electron chi connectivity index (χ2n) is 6.10. The second-order valence-corrected chi connectivity index (χ2v) is 8.49. The Morgan fingerprint density at radius 3 is 2.30 bits per heavy atom. The molecule has 0 aromatic heterocycles. The third-order valence-electron chi connectivity index (χ3n) is 4.09. The monoisotopic (exact) mass is 485 g/mol. The molecule has 2 rings (SSSR count). The number of hydrogen-bond acceptors (Lipinski definition) is 3. The van der Waals surface area contributed by atoms with Gasteiger partial charge in [-0.25, -0.2) is 0 Å². The Kier molecular flexibility index (Phi) is 16.1. The van der Waals surface area contributed by atoms with Crippen molar-refractivity contribution in [2.75, 3.05) is 25.5 Å². The first-order valence-corrected chi connectivity index (χ1v) is 11.9. The summed E-state index contributed by atoms with van der Waals surface area (Å²) in [7, 11) is 0. The minimum absolute atomic E-state index is 0. The second kappa shape index (κ2) is 16.0. The number of rotatable bonds is 9. The molecule has 3 atom stereocenters. The summed E-state index contributed by atoms with van der Waals surface area (Å²) in [6, 6.07) is 10.3. The van der Waals surface area contributed by atoms with Crippen LogP contribution in [0.1, 0.15) is 39.5 Å². The Morgan fingerprint density at radius 2 is 1.74 bits per heavy atom. The molecular weight excluding hydrogens is 459 g/mol. The first kappa shape index (κ1) is 27.2. The van der Waals surface area contributed by atoms with Crippen LogP contribution in [0.15, 0.2) is 30.3 Å². The van der Waals surface area contributed by atoms with Crippen molar-refractivity contribution in [2.45, 2.75) is 51.2 Å². The van der Waals surface area contributed by atoms with Crippen molar-refractivity contribution in [2.24, 2.45) is 0 Å². The number of thioether (sulfide) groups is 1. The van der Waals surface area contributed by atoms with Crippen molar-refractivity contribution >= 4 is 29.2 Å². The number of benzene rings is 1. The van der Waals surface area contributed by atoms with Crippen molar-refractivity contribution in [3.05, 3.63) is 35.9 Å². The van der Waals surface area contributed by atoms with Crippen molar-refractivity contribution in [1.29, 1.82) is 0 Å². The summed E-state index contributed by atoms with van der Waals surface area (Å²) in [5.41, 5.74) is 8.46. The van der Waals surface area contributed by atoms with Gasteiger partial charge >= 0.3 is 27.1 Å². The maximum atomic E-state index is 7.25. The Balaban J connectivity index is 0.00000158. The van der Waals surface area contributed by atoms with E-state index in [1.165, 1.54) is 0 Å². The molecule has 1 fully saturated rings. The van der Waals surface area contributed by atoms with Crippen molar-refractivity contribution in [1.82, 2.24) is 7.48 Å². The van der Waals surface area contributed by atoms with Gasteiger partial charge in [-0.15, -0.1) is 11.8 Å². The Labute approximate surface area is 188 Å². The van der Waals surface area contributed by atoms with E-state index in [1.54, 1.807) is 0 Å². The third kappa shape index (κ3) is 9.47. The average Bonchev–Trinajstić information content (AvgIpc) is 2.65. The summed E-state index contributed by atoms with van der Waals surface area (Å²) >= 11 is 9.53. The van der Waals surface area contributed by atoms with Crippen LogP contribution in [0.2, 0.25) is 0 Å². The van der Waals surface area contributed by atoms with Gasteiger partial charge in [-0.1, -0.05) is 44.9 Å². The van der Waals surface area contributed by atoms with Crippen LogP contribution < -0.4 is 19.9 Å². The molecule has 0 N–H and O–H groups in total. The Morgan fingerprint density at radius 1 is 1.19 bits per heavy atom. The van der Waals surface area contributed by atoms with Crippen LogP contribution in [-0.2, 0) is 27.6 Å². The molecule has 27 heavy (non-hydrogen) atoms. The molecule has 1 heterocycles. The molecule has 3 unspecified atom stereocenters. The molecule has 1 saturated heterocycles. The van der Waals surface area contributed by atoms with Gasteiger partial charge in [-0.05, 0) is 12.8 Å². The number of halogens is 2. The maximum absolute atomic E-state index is 7.25. The van der Waals surface area contributed by atoms with Gasteiger partial charge in [-0.3, -0.25) is 0 Å². The Hall–Kier alpha value is 0.163. The SMILES string of the molecule is CCCCOC1C[N+](Cl)(c2ccccc2)C(OCCCC)CS1.[Cl-].[N-]=[N+]=[Zn]. The van der Waals surface area contributed by atoms with Crippen LogP contribution in [0, 0.1) is 0 Å². The van der Waals surface area contributed by atoms with Gasteiger partial charge in [0.2, 0.25) is 6.23 Å². The average molecular weight is 488 g/mol. The zero-order valence-corrected chi connectivity index (χ0v) is 21.5. The molecule has 0 bridgehead atoms. The van der Waals surface area contributed by atoms with Gasteiger partial charge in [-0.2, -0.15) is 4.00 Å². The summed E-state index contributed by atoms with van der Waals surface area (Å²) in [5.74, 6) is 0.860. The number of hydrogen-bond donors (Lipinski definition) is 0. The quantitative estimate of drug-likeness (QED) is 0.176. The van der Waals surface area contributed by atoms with E-state index in [-0.39, 0.29) is 28.1 Å². The van der Waals surface area contributed by atoms with E-state index < -0.39 is 0 Å². The molecule has 9 heteroatoms. The number of unbranched alkanes of at least 4 members (excludes halogenated alkanes) is 2. The molecule has 0 amide bonds. The van der Waals surface area contributed by atoms with E-state index in [0.717, 1.165) is 56.9 Å². The van der Waals surface area contributed by atoms with Crippen LogP contribution in [0.25, 0.3) is 5.53 Å². The van der Waals surface area contributed by atoms with Gasteiger partial charge in [0, 0.05) is 18.7 Å². The van der Waals surface area contributed by atoms with Gasteiger partial charge < -0.3 is 21.9 Å². The normalized spacial score (nSPS) is 24.2. The fraction of sp³-hybridized carbons (Fsp3) is 0.667.